The average Bonchev–Trinajstić information content (AvgIpc) is 2.70. The zero-order valence-corrected chi connectivity index (χ0v) is 13.0. The minimum atomic E-state index is -0.192. The maximum Gasteiger partial charge on any atom is 0.257 e. The van der Waals surface area contributed by atoms with Gasteiger partial charge in [0.1, 0.15) is 0 Å². The van der Waals surface area contributed by atoms with Gasteiger partial charge < -0.3 is 10.3 Å². The Bertz CT molecular complexity index is 727. The van der Waals surface area contributed by atoms with E-state index in [1.54, 1.807) is 13.8 Å². The Morgan fingerprint density at radius 1 is 1.05 bits per heavy atom. The number of ketones is 1. The second-order valence-corrected chi connectivity index (χ2v) is 5.38. The molecule has 0 atom stereocenters. The molecular formula is C17H20N2O2. The van der Waals surface area contributed by atoms with Crippen molar-refractivity contribution in [3.05, 3.63) is 51.8 Å². The molecule has 0 aliphatic heterocycles. The fraction of sp³-hybridized carbons (Fsp3) is 0.294. The van der Waals surface area contributed by atoms with E-state index in [-0.39, 0.29) is 11.7 Å². The van der Waals surface area contributed by atoms with E-state index in [4.69, 9.17) is 0 Å². The summed E-state index contributed by atoms with van der Waals surface area (Å²) in [5.74, 6) is -0.260. The van der Waals surface area contributed by atoms with E-state index in [0.717, 1.165) is 16.8 Å². The predicted octanol–water partition coefficient (Wildman–Crippen LogP) is 3.70. The Hall–Kier alpha value is -2.36. The average molecular weight is 284 g/mol. The number of hydrogen-bond donors (Lipinski definition) is 2. The molecule has 1 heterocycles. The number of carbonyl (C=O) groups is 2. The molecule has 0 bridgehead atoms. The van der Waals surface area contributed by atoms with Gasteiger partial charge in [-0.2, -0.15) is 0 Å². The summed E-state index contributed by atoms with van der Waals surface area (Å²) in [6.45, 7) is 9.06. The first kappa shape index (κ1) is 15.0. The molecule has 1 amide bonds. The minimum absolute atomic E-state index is 0.0682. The largest absolute Gasteiger partial charge is 0.355 e. The lowest BCUT2D eigenvalue weighted by molar-refractivity contribution is 0.101. The molecule has 0 fully saturated rings. The number of aryl methyl sites for hydroxylation is 2. The molecule has 1 aromatic heterocycles. The zero-order valence-electron chi connectivity index (χ0n) is 13.0. The molecule has 0 saturated heterocycles. The smallest absolute Gasteiger partial charge is 0.257 e. The van der Waals surface area contributed by atoms with Gasteiger partial charge in [0.2, 0.25) is 0 Å². The van der Waals surface area contributed by atoms with Gasteiger partial charge in [-0.15, -0.1) is 0 Å². The van der Waals surface area contributed by atoms with Gasteiger partial charge >= 0.3 is 0 Å². The van der Waals surface area contributed by atoms with E-state index < -0.39 is 0 Å². The van der Waals surface area contributed by atoms with Crippen molar-refractivity contribution in [3.8, 4) is 0 Å². The molecule has 2 aromatic rings. The lowest BCUT2D eigenvalue weighted by Gasteiger charge is -2.10. The van der Waals surface area contributed by atoms with Crippen molar-refractivity contribution in [3.63, 3.8) is 0 Å². The molecule has 0 spiro atoms. The molecule has 21 heavy (non-hydrogen) atoms. The Morgan fingerprint density at radius 2 is 1.71 bits per heavy atom. The van der Waals surface area contributed by atoms with Gasteiger partial charge in [0.25, 0.3) is 5.91 Å². The lowest BCUT2D eigenvalue weighted by atomic mass is 10.1. The SMILES string of the molecule is CC(=O)c1[nH]c(C)c(C(=O)Nc2cccc(C)c2C)c1C. The molecule has 0 aliphatic carbocycles. The number of anilines is 1. The molecule has 1 aromatic carbocycles. The van der Waals surface area contributed by atoms with Gasteiger partial charge in [0.15, 0.2) is 5.78 Å². The van der Waals surface area contributed by atoms with Crippen LogP contribution in [-0.2, 0) is 0 Å². The number of benzene rings is 1. The van der Waals surface area contributed by atoms with Crippen LogP contribution < -0.4 is 5.32 Å². The van der Waals surface area contributed by atoms with Crippen LogP contribution in [0, 0.1) is 27.7 Å². The van der Waals surface area contributed by atoms with Crippen molar-refractivity contribution in [1.29, 1.82) is 0 Å². The second-order valence-electron chi connectivity index (χ2n) is 5.38. The van der Waals surface area contributed by atoms with Crippen molar-refractivity contribution in [2.45, 2.75) is 34.6 Å². The number of aromatic nitrogens is 1. The molecule has 0 unspecified atom stereocenters. The van der Waals surface area contributed by atoms with Gasteiger partial charge in [-0.3, -0.25) is 9.59 Å². The Kier molecular flexibility index (Phi) is 3.98. The fourth-order valence-corrected chi connectivity index (χ4v) is 2.51. The maximum absolute atomic E-state index is 12.5. The monoisotopic (exact) mass is 284 g/mol. The third-order valence-electron chi connectivity index (χ3n) is 3.87. The highest BCUT2D eigenvalue weighted by Crippen LogP contribution is 2.22. The van der Waals surface area contributed by atoms with Gasteiger partial charge in [0.05, 0.1) is 11.3 Å². The number of Topliss-reactive ketones (excluding diaryl/α,β-unsaturated/α-hetero) is 1. The van der Waals surface area contributed by atoms with E-state index in [1.165, 1.54) is 6.92 Å². The number of aromatic amines is 1. The van der Waals surface area contributed by atoms with Crippen molar-refractivity contribution >= 4 is 17.4 Å². The summed E-state index contributed by atoms with van der Waals surface area (Å²) in [5.41, 5.74) is 5.41. The first-order valence-corrected chi connectivity index (χ1v) is 6.90. The van der Waals surface area contributed by atoms with Gasteiger partial charge in [0, 0.05) is 18.3 Å². The number of amides is 1. The molecule has 0 radical (unpaired) electrons. The molecule has 0 aliphatic rings. The van der Waals surface area contributed by atoms with Crippen molar-refractivity contribution < 1.29 is 9.59 Å². The third kappa shape index (κ3) is 2.75. The highest BCUT2D eigenvalue weighted by Gasteiger charge is 2.20. The van der Waals surface area contributed by atoms with Crippen molar-refractivity contribution in [2.75, 3.05) is 5.32 Å². The van der Waals surface area contributed by atoms with E-state index >= 15 is 0 Å². The number of carbonyl (C=O) groups excluding carboxylic acids is 2. The molecule has 4 heteroatoms. The second kappa shape index (κ2) is 5.56. The molecule has 0 saturated carbocycles. The molecule has 110 valence electrons. The molecular weight excluding hydrogens is 264 g/mol. The van der Waals surface area contributed by atoms with Crippen LogP contribution in [0.5, 0.6) is 0 Å². The number of H-pyrrole nitrogens is 1. The van der Waals surface area contributed by atoms with Gasteiger partial charge in [-0.1, -0.05) is 12.1 Å². The summed E-state index contributed by atoms with van der Waals surface area (Å²) < 4.78 is 0. The summed E-state index contributed by atoms with van der Waals surface area (Å²) in [5, 5.41) is 2.93. The zero-order chi connectivity index (χ0) is 15.7. The maximum atomic E-state index is 12.5. The van der Waals surface area contributed by atoms with E-state index in [0.29, 0.717) is 22.5 Å². The first-order valence-electron chi connectivity index (χ1n) is 6.90. The summed E-state index contributed by atoms with van der Waals surface area (Å²) in [6, 6.07) is 5.80. The topological polar surface area (TPSA) is 62.0 Å². The quantitative estimate of drug-likeness (QED) is 0.844. The van der Waals surface area contributed by atoms with Crippen LogP contribution in [0.25, 0.3) is 0 Å². The van der Waals surface area contributed by atoms with Gasteiger partial charge in [-0.25, -0.2) is 0 Å². The van der Waals surface area contributed by atoms with Crippen LogP contribution in [0.1, 0.15) is 50.2 Å². The summed E-state index contributed by atoms with van der Waals surface area (Å²) in [6.07, 6.45) is 0. The van der Waals surface area contributed by atoms with Crippen molar-refractivity contribution in [1.82, 2.24) is 4.98 Å². The third-order valence-corrected chi connectivity index (χ3v) is 3.87. The van der Waals surface area contributed by atoms with E-state index in [1.807, 2.05) is 32.0 Å². The molecule has 4 nitrogen and oxygen atoms in total. The molecule has 2 N–H and O–H groups in total. The summed E-state index contributed by atoms with van der Waals surface area (Å²) >= 11 is 0. The van der Waals surface area contributed by atoms with Crippen LogP contribution in [0.15, 0.2) is 18.2 Å². The van der Waals surface area contributed by atoms with Crippen molar-refractivity contribution in [2.24, 2.45) is 0 Å². The predicted molar refractivity (Wildman–Crippen MR) is 84.1 cm³/mol. The fourth-order valence-electron chi connectivity index (χ4n) is 2.51. The highest BCUT2D eigenvalue weighted by atomic mass is 16.1. The first-order chi connectivity index (χ1) is 9.82. The number of rotatable bonds is 3. The van der Waals surface area contributed by atoms with E-state index in [9.17, 15) is 9.59 Å². The normalized spacial score (nSPS) is 10.5. The molecule has 2 rings (SSSR count). The standard InChI is InChI=1S/C17H20N2O2/c1-9-7-6-8-14(10(9)2)19-17(21)15-11(3)16(13(5)20)18-12(15)4/h6-8,18H,1-5H3,(H,19,21). The van der Waals surface area contributed by atoms with Crippen LogP contribution in [0.4, 0.5) is 5.69 Å². The number of hydrogen-bond acceptors (Lipinski definition) is 2. The van der Waals surface area contributed by atoms with Gasteiger partial charge in [-0.05, 0) is 50.5 Å². The highest BCUT2D eigenvalue weighted by molar-refractivity contribution is 6.09. The van der Waals surface area contributed by atoms with Crippen LogP contribution in [0.2, 0.25) is 0 Å². The Balaban J connectivity index is 2.38. The van der Waals surface area contributed by atoms with Crippen LogP contribution in [0.3, 0.4) is 0 Å². The van der Waals surface area contributed by atoms with Crippen LogP contribution >= 0.6 is 0 Å². The Labute approximate surface area is 124 Å². The summed E-state index contributed by atoms with van der Waals surface area (Å²) in [4.78, 5) is 27.1. The minimum Gasteiger partial charge on any atom is -0.355 e. The lowest BCUT2D eigenvalue weighted by Crippen LogP contribution is -2.15. The number of nitrogens with one attached hydrogen (secondary N) is 2. The summed E-state index contributed by atoms with van der Waals surface area (Å²) in [7, 11) is 0. The van der Waals surface area contributed by atoms with Crippen LogP contribution in [-0.4, -0.2) is 16.7 Å². The Morgan fingerprint density at radius 3 is 2.29 bits per heavy atom. The van der Waals surface area contributed by atoms with E-state index in [2.05, 4.69) is 10.3 Å².